The molecule has 96 valence electrons. The van der Waals surface area contributed by atoms with Crippen molar-refractivity contribution in [3.63, 3.8) is 0 Å². The summed E-state index contributed by atoms with van der Waals surface area (Å²) in [6.07, 6.45) is 5.39. The molecule has 5 heteroatoms. The van der Waals surface area contributed by atoms with Crippen molar-refractivity contribution in [1.82, 2.24) is 0 Å². The summed E-state index contributed by atoms with van der Waals surface area (Å²) in [6, 6.07) is 0. The first-order valence-electron chi connectivity index (χ1n) is 6.05. The summed E-state index contributed by atoms with van der Waals surface area (Å²) in [5, 5.41) is 8.97. The Kier molecular flexibility index (Phi) is 8.68. The molecular formula is C12H23NaO4. The second-order valence-electron chi connectivity index (χ2n) is 4.77. The van der Waals surface area contributed by atoms with Crippen LogP contribution in [0.1, 0.15) is 46.0 Å². The van der Waals surface area contributed by atoms with Crippen LogP contribution in [0.3, 0.4) is 0 Å². The predicted octanol–water partition coefficient (Wildman–Crippen LogP) is 1.77. The third kappa shape index (κ3) is 5.71. The summed E-state index contributed by atoms with van der Waals surface area (Å²) in [4.78, 5) is 10.9. The summed E-state index contributed by atoms with van der Waals surface area (Å²) in [5.41, 5.74) is -0.875. The molecule has 0 spiro atoms. The molecule has 1 aliphatic rings. The molecule has 0 aliphatic carbocycles. The van der Waals surface area contributed by atoms with Crippen LogP contribution in [-0.4, -0.2) is 60.1 Å². The van der Waals surface area contributed by atoms with Crippen molar-refractivity contribution in [3.8, 4) is 0 Å². The molecule has 1 aliphatic heterocycles. The molecule has 0 amide bonds. The fourth-order valence-corrected chi connectivity index (χ4v) is 1.67. The molecule has 1 fully saturated rings. The third-order valence-corrected chi connectivity index (χ3v) is 2.99. The van der Waals surface area contributed by atoms with E-state index in [2.05, 4.69) is 6.92 Å². The van der Waals surface area contributed by atoms with E-state index in [0.717, 1.165) is 12.8 Å². The predicted molar refractivity (Wildman–Crippen MR) is 67.3 cm³/mol. The first-order chi connectivity index (χ1) is 7.58. The topological polar surface area (TPSA) is 55.8 Å². The first-order valence-corrected chi connectivity index (χ1v) is 6.05. The van der Waals surface area contributed by atoms with Crippen molar-refractivity contribution in [3.05, 3.63) is 0 Å². The number of hydrogen-bond donors (Lipinski definition) is 1. The van der Waals surface area contributed by atoms with Crippen molar-refractivity contribution >= 4 is 35.5 Å². The molecular weight excluding hydrogens is 231 g/mol. The Morgan fingerprint density at radius 3 is 2.35 bits per heavy atom. The molecule has 0 bridgehead atoms. The van der Waals surface area contributed by atoms with Gasteiger partial charge in [-0.2, -0.15) is 0 Å². The molecule has 0 radical (unpaired) electrons. The number of ether oxygens (including phenoxy) is 2. The van der Waals surface area contributed by atoms with Crippen LogP contribution >= 0.6 is 0 Å². The normalized spacial score (nSPS) is 28.5. The first kappa shape index (κ1) is 17.4. The van der Waals surface area contributed by atoms with Crippen molar-refractivity contribution in [2.75, 3.05) is 13.2 Å². The molecule has 0 aromatic rings. The van der Waals surface area contributed by atoms with E-state index >= 15 is 0 Å². The van der Waals surface area contributed by atoms with Gasteiger partial charge in [0.15, 0.2) is 6.29 Å². The van der Waals surface area contributed by atoms with Gasteiger partial charge in [-0.3, -0.25) is 4.79 Å². The number of carbonyl (C=O) groups is 1. The summed E-state index contributed by atoms with van der Waals surface area (Å²) in [7, 11) is 0. The molecule has 0 atom stereocenters. The molecule has 0 aromatic carbocycles. The van der Waals surface area contributed by atoms with Gasteiger partial charge < -0.3 is 14.6 Å². The van der Waals surface area contributed by atoms with Crippen LogP contribution in [0, 0.1) is 5.41 Å². The standard InChI is InChI=1S/C12H22O4.Na.H/c1-3-4-5-6-7-10-15-8-12(2,9-16-10)11(13)14;;/h10H,3-9H2,1-2H3,(H,13,14);;. The zero-order valence-electron chi connectivity index (χ0n) is 10.2. The molecule has 1 rings (SSSR count). The summed E-state index contributed by atoms with van der Waals surface area (Å²) >= 11 is 0. The summed E-state index contributed by atoms with van der Waals surface area (Å²) in [6.45, 7) is 4.33. The molecule has 0 aromatic heterocycles. The second kappa shape index (κ2) is 8.48. The average molecular weight is 254 g/mol. The van der Waals surface area contributed by atoms with Crippen LogP contribution in [0.15, 0.2) is 0 Å². The van der Waals surface area contributed by atoms with Gasteiger partial charge in [0.2, 0.25) is 0 Å². The van der Waals surface area contributed by atoms with Gasteiger partial charge in [0.05, 0.1) is 13.2 Å². The fraction of sp³-hybridized carbons (Fsp3) is 0.917. The maximum atomic E-state index is 10.9. The Balaban J connectivity index is 0.00000256. The molecule has 4 nitrogen and oxygen atoms in total. The number of rotatable bonds is 6. The van der Waals surface area contributed by atoms with Crippen LogP contribution in [0.25, 0.3) is 0 Å². The van der Waals surface area contributed by atoms with E-state index in [-0.39, 0.29) is 49.1 Å². The van der Waals surface area contributed by atoms with E-state index in [1.54, 1.807) is 6.92 Å². The van der Waals surface area contributed by atoms with Crippen LogP contribution in [-0.2, 0) is 14.3 Å². The van der Waals surface area contributed by atoms with Crippen molar-refractivity contribution in [1.29, 1.82) is 0 Å². The minimum absolute atomic E-state index is 0. The van der Waals surface area contributed by atoms with Crippen molar-refractivity contribution in [2.24, 2.45) is 5.41 Å². The van der Waals surface area contributed by atoms with Crippen LogP contribution in [0.2, 0.25) is 0 Å². The SMILES string of the molecule is CCCCCCC1OCC(C)(C(=O)O)CO1.[NaH]. The van der Waals surface area contributed by atoms with E-state index in [0.29, 0.717) is 0 Å². The Labute approximate surface area is 125 Å². The Hall–Kier alpha value is 0.390. The van der Waals surface area contributed by atoms with E-state index in [4.69, 9.17) is 14.6 Å². The molecule has 1 saturated heterocycles. The van der Waals surface area contributed by atoms with Gasteiger partial charge in [-0.25, -0.2) is 0 Å². The van der Waals surface area contributed by atoms with E-state index in [1.807, 2.05) is 0 Å². The Morgan fingerprint density at radius 1 is 1.29 bits per heavy atom. The number of carboxylic acids is 1. The minimum atomic E-state index is -0.875. The van der Waals surface area contributed by atoms with E-state index in [9.17, 15) is 4.79 Å². The number of unbranched alkanes of at least 4 members (excludes halogenated alkanes) is 3. The van der Waals surface area contributed by atoms with Gasteiger partial charge in [0.1, 0.15) is 5.41 Å². The Morgan fingerprint density at radius 2 is 1.88 bits per heavy atom. The van der Waals surface area contributed by atoms with Gasteiger partial charge in [-0.05, 0) is 19.8 Å². The third-order valence-electron chi connectivity index (χ3n) is 2.99. The van der Waals surface area contributed by atoms with Gasteiger partial charge in [-0.15, -0.1) is 0 Å². The van der Waals surface area contributed by atoms with Crippen LogP contribution in [0.4, 0.5) is 0 Å². The Bertz CT molecular complexity index is 225. The molecule has 17 heavy (non-hydrogen) atoms. The monoisotopic (exact) mass is 254 g/mol. The fourth-order valence-electron chi connectivity index (χ4n) is 1.67. The number of hydrogen-bond acceptors (Lipinski definition) is 3. The van der Waals surface area contributed by atoms with Gasteiger partial charge in [-0.1, -0.05) is 26.2 Å². The van der Waals surface area contributed by atoms with Gasteiger partial charge in [0.25, 0.3) is 0 Å². The van der Waals surface area contributed by atoms with Crippen molar-refractivity contribution in [2.45, 2.75) is 52.2 Å². The summed E-state index contributed by atoms with van der Waals surface area (Å²) < 4.78 is 10.9. The zero-order valence-corrected chi connectivity index (χ0v) is 10.2. The summed E-state index contributed by atoms with van der Waals surface area (Å²) in [5.74, 6) is -0.850. The van der Waals surface area contributed by atoms with E-state index in [1.165, 1.54) is 19.3 Å². The molecule has 0 saturated carbocycles. The number of carboxylic acid groups (broad SMARTS) is 1. The van der Waals surface area contributed by atoms with Crippen LogP contribution < -0.4 is 0 Å². The van der Waals surface area contributed by atoms with Crippen LogP contribution in [0.5, 0.6) is 0 Å². The maximum absolute atomic E-state index is 10.9. The quantitative estimate of drug-likeness (QED) is 0.580. The molecule has 1 heterocycles. The van der Waals surface area contributed by atoms with E-state index < -0.39 is 11.4 Å². The van der Waals surface area contributed by atoms with Gasteiger partial charge in [0, 0.05) is 0 Å². The zero-order chi connectivity index (χ0) is 12.0. The second-order valence-corrected chi connectivity index (χ2v) is 4.77. The van der Waals surface area contributed by atoms with Gasteiger partial charge >= 0.3 is 35.5 Å². The average Bonchev–Trinajstić information content (AvgIpc) is 2.27. The van der Waals surface area contributed by atoms with Crippen molar-refractivity contribution < 1.29 is 19.4 Å². The molecule has 1 N–H and O–H groups in total. The molecule has 0 unspecified atom stereocenters. The number of aliphatic carboxylic acids is 1.